The number of nitrogens with zero attached hydrogens (tertiary/aromatic N) is 1. The largest absolute Gasteiger partial charge is 0.393 e. The number of aliphatic hydroxyl groups excluding tert-OH is 1. The lowest BCUT2D eigenvalue weighted by molar-refractivity contribution is -0.0723. The van der Waals surface area contributed by atoms with Crippen molar-refractivity contribution in [1.82, 2.24) is 4.31 Å². The van der Waals surface area contributed by atoms with Crippen LogP contribution in [0.4, 0.5) is 0 Å². The van der Waals surface area contributed by atoms with Crippen molar-refractivity contribution in [1.29, 1.82) is 0 Å². The van der Waals surface area contributed by atoms with Gasteiger partial charge in [-0.25, -0.2) is 8.42 Å². The molecule has 6 nitrogen and oxygen atoms in total. The summed E-state index contributed by atoms with van der Waals surface area (Å²) >= 11 is 1.21. The number of hydrogen-bond donors (Lipinski definition) is 2. The Morgan fingerprint density at radius 2 is 1.86 bits per heavy atom. The second kappa shape index (κ2) is 13.9. The zero-order valence-corrected chi connectivity index (χ0v) is 28.4. The summed E-state index contributed by atoms with van der Waals surface area (Å²) < 4.78 is 29.4. The van der Waals surface area contributed by atoms with Crippen LogP contribution in [0.3, 0.4) is 0 Å². The summed E-state index contributed by atoms with van der Waals surface area (Å²) in [5, 5.41) is 25.3. The highest BCUT2D eigenvalue weighted by Gasteiger charge is 2.58. The lowest BCUT2D eigenvalue weighted by Gasteiger charge is -2.46. The zero-order valence-electron chi connectivity index (χ0n) is 26.8. The molecule has 1 aromatic carbocycles. The third kappa shape index (κ3) is 6.80. The molecule has 0 aliphatic heterocycles. The van der Waals surface area contributed by atoms with Crippen LogP contribution in [0.25, 0.3) is 0 Å². The molecule has 8 heteroatoms. The molecule has 0 radical (unpaired) electrons. The predicted molar refractivity (Wildman–Crippen MR) is 178 cm³/mol. The van der Waals surface area contributed by atoms with E-state index in [4.69, 9.17) is 0 Å². The van der Waals surface area contributed by atoms with Gasteiger partial charge in [-0.2, -0.15) is 4.31 Å². The number of rotatable bonds is 8. The number of fused-ring (bicyclic) bond motifs is 8. The SMILES string of the molecule is CCCN(C[C@]1(O)CC[C@H]2c3ccc(cc3C(=O)C3CCCCC3)C[C@@H](O)CCC(C)=CCC[C@@]21C)S(=O)(=O)c1cccs1. The second-order valence-electron chi connectivity index (χ2n) is 13.9. The molecule has 4 aliphatic carbocycles. The number of Topliss-reactive ketones (excluding diaryl/α,β-unsaturated/α-hetero) is 1. The van der Waals surface area contributed by atoms with Crippen molar-refractivity contribution in [2.45, 2.75) is 126 Å². The Morgan fingerprint density at radius 1 is 1.09 bits per heavy atom. The van der Waals surface area contributed by atoms with Crippen LogP contribution < -0.4 is 0 Å². The molecule has 0 unspecified atom stereocenters. The second-order valence-corrected chi connectivity index (χ2v) is 17.0. The van der Waals surface area contributed by atoms with Crippen molar-refractivity contribution < 1.29 is 23.4 Å². The van der Waals surface area contributed by atoms with Crippen molar-refractivity contribution >= 4 is 27.1 Å². The van der Waals surface area contributed by atoms with E-state index in [-0.39, 0.29) is 24.2 Å². The summed E-state index contributed by atoms with van der Waals surface area (Å²) in [7, 11) is -3.76. The molecular weight excluding hydrogens is 591 g/mol. The Balaban J connectivity index is 1.59. The standard InChI is InChI=1S/C36H51NO5S2/c1-4-21-37(44(41,42)33-13-9-22-43-33)25-36(40)20-18-32-30-17-15-27(24-31(30)34(39)28-11-6-5-7-12-28)23-29(38)16-14-26(2)10-8-19-35(32,36)3/h9-10,13,15,17,22,24,28-29,32,38,40H,4-8,11-12,14,16,18-21,23,25H2,1-3H3/t29-,32-,35-,36+/m0/s1. The molecule has 6 rings (SSSR count). The Hall–Kier alpha value is -1.84. The van der Waals surface area contributed by atoms with E-state index in [1.807, 2.05) is 13.0 Å². The first-order valence-electron chi connectivity index (χ1n) is 16.8. The molecule has 1 heterocycles. The number of ketones is 1. The van der Waals surface area contributed by atoms with Gasteiger partial charge in [0.25, 0.3) is 10.0 Å². The molecule has 4 aliphatic rings. The van der Waals surface area contributed by atoms with Gasteiger partial charge >= 0.3 is 0 Å². The van der Waals surface area contributed by atoms with Crippen molar-refractivity contribution in [2.24, 2.45) is 11.3 Å². The monoisotopic (exact) mass is 641 g/mol. The number of sulfonamides is 1. The number of thiophene rings is 1. The van der Waals surface area contributed by atoms with E-state index in [2.05, 4.69) is 32.1 Å². The zero-order chi connectivity index (χ0) is 31.5. The Labute approximate surface area is 268 Å². The lowest BCUT2D eigenvalue weighted by atomic mass is 9.64. The summed E-state index contributed by atoms with van der Waals surface area (Å²) in [6.45, 7) is 6.58. The molecule has 2 aromatic rings. The number of aliphatic hydroxyl groups is 2. The predicted octanol–water partition coefficient (Wildman–Crippen LogP) is 7.65. The molecule has 1 aromatic heterocycles. The quantitative estimate of drug-likeness (QED) is 0.228. The number of benzene rings is 1. The minimum Gasteiger partial charge on any atom is -0.393 e. The van der Waals surface area contributed by atoms with Crippen LogP contribution in [-0.2, 0) is 16.4 Å². The third-order valence-corrected chi connectivity index (χ3v) is 14.1. The van der Waals surface area contributed by atoms with E-state index in [0.717, 1.165) is 55.2 Å². The van der Waals surface area contributed by atoms with Gasteiger partial charge in [-0.05, 0) is 106 Å². The van der Waals surface area contributed by atoms with Crippen molar-refractivity contribution in [3.05, 3.63) is 64.1 Å². The molecule has 4 atom stereocenters. The average Bonchev–Trinajstić information content (AvgIpc) is 3.64. The molecule has 0 saturated heterocycles. The first-order valence-corrected chi connectivity index (χ1v) is 19.1. The molecule has 0 amide bonds. The maximum Gasteiger partial charge on any atom is 0.252 e. The van der Waals surface area contributed by atoms with Gasteiger partial charge in [-0.1, -0.05) is 63.0 Å². The Kier molecular flexibility index (Phi) is 10.6. The highest BCUT2D eigenvalue weighted by atomic mass is 32.2. The molecule has 2 saturated carbocycles. The Bertz CT molecular complexity index is 1430. The molecule has 0 spiro atoms. The summed E-state index contributed by atoms with van der Waals surface area (Å²) in [5.41, 5.74) is 2.01. The maximum absolute atomic E-state index is 14.2. The smallest absolute Gasteiger partial charge is 0.252 e. The van der Waals surface area contributed by atoms with Crippen LogP contribution in [0, 0.1) is 11.3 Å². The number of carbonyl (C=O) groups is 1. The summed E-state index contributed by atoms with van der Waals surface area (Å²) in [6.07, 6.45) is 12.1. The lowest BCUT2D eigenvalue weighted by Crippen LogP contribution is -2.53. The third-order valence-electron chi connectivity index (χ3n) is 10.9. The van der Waals surface area contributed by atoms with Crippen LogP contribution in [0.2, 0.25) is 0 Å². The van der Waals surface area contributed by atoms with Gasteiger partial charge in [-0.3, -0.25) is 4.79 Å². The number of hydrogen-bond acceptors (Lipinski definition) is 6. The summed E-state index contributed by atoms with van der Waals surface area (Å²) in [6, 6.07) is 9.58. The summed E-state index contributed by atoms with van der Waals surface area (Å²) in [5.74, 6) is 0.109. The van der Waals surface area contributed by atoms with Crippen LogP contribution in [0.1, 0.15) is 125 Å². The fraction of sp³-hybridized carbons (Fsp3) is 0.639. The fourth-order valence-corrected chi connectivity index (χ4v) is 10.9. The van der Waals surface area contributed by atoms with Gasteiger partial charge in [0.2, 0.25) is 0 Å². The van der Waals surface area contributed by atoms with Crippen LogP contribution >= 0.6 is 11.3 Å². The van der Waals surface area contributed by atoms with Gasteiger partial charge < -0.3 is 10.2 Å². The first kappa shape index (κ1) is 33.5. The highest BCUT2D eigenvalue weighted by Crippen LogP contribution is 2.59. The maximum atomic E-state index is 14.2. The van der Waals surface area contributed by atoms with Crippen LogP contribution in [0.5, 0.6) is 0 Å². The topological polar surface area (TPSA) is 94.9 Å². The molecule has 2 fully saturated rings. The van der Waals surface area contributed by atoms with Crippen LogP contribution in [-0.4, -0.2) is 53.5 Å². The molecule has 242 valence electrons. The minimum absolute atomic E-state index is 0.00895. The van der Waals surface area contributed by atoms with E-state index < -0.39 is 27.1 Å². The molecule has 2 N–H and O–H groups in total. The van der Waals surface area contributed by atoms with E-state index in [1.54, 1.807) is 17.5 Å². The highest BCUT2D eigenvalue weighted by molar-refractivity contribution is 7.91. The minimum atomic E-state index is -3.76. The van der Waals surface area contributed by atoms with Gasteiger partial charge in [0.1, 0.15) is 4.21 Å². The van der Waals surface area contributed by atoms with E-state index >= 15 is 0 Å². The average molecular weight is 642 g/mol. The molecule has 2 bridgehead atoms. The first-order chi connectivity index (χ1) is 21.0. The summed E-state index contributed by atoms with van der Waals surface area (Å²) in [4.78, 5) is 14.2. The van der Waals surface area contributed by atoms with Crippen molar-refractivity contribution in [3.63, 3.8) is 0 Å². The number of carbonyl (C=O) groups excluding carboxylic acids is 1. The van der Waals surface area contributed by atoms with Crippen molar-refractivity contribution in [3.8, 4) is 0 Å². The van der Waals surface area contributed by atoms with E-state index in [0.29, 0.717) is 49.3 Å². The fourth-order valence-electron chi connectivity index (χ4n) is 8.16. The van der Waals surface area contributed by atoms with Crippen LogP contribution in [0.15, 0.2) is 51.6 Å². The molecular formula is C36H51NO5S2. The normalized spacial score (nSPS) is 28.9. The van der Waals surface area contributed by atoms with Gasteiger partial charge in [0, 0.05) is 30.0 Å². The van der Waals surface area contributed by atoms with Gasteiger partial charge in [0.05, 0.1) is 11.7 Å². The van der Waals surface area contributed by atoms with Gasteiger partial charge in [0.15, 0.2) is 5.78 Å². The van der Waals surface area contributed by atoms with E-state index in [1.165, 1.54) is 27.6 Å². The van der Waals surface area contributed by atoms with Gasteiger partial charge in [-0.15, -0.1) is 11.3 Å². The van der Waals surface area contributed by atoms with E-state index in [9.17, 15) is 23.4 Å². The number of allylic oxidation sites excluding steroid dienone is 2. The molecule has 44 heavy (non-hydrogen) atoms. The van der Waals surface area contributed by atoms with Crippen molar-refractivity contribution in [2.75, 3.05) is 13.1 Å². The Morgan fingerprint density at radius 3 is 2.57 bits per heavy atom.